The Bertz CT molecular complexity index is 68.3. The molecule has 0 aromatic carbocycles. The Morgan fingerprint density at radius 1 is 1.50 bits per heavy atom. The maximum absolute atomic E-state index is 9.88. The van der Waals surface area contributed by atoms with E-state index in [-0.39, 0.29) is 62.1 Å². The normalized spacial score (nSPS) is 5.75. The summed E-state index contributed by atoms with van der Waals surface area (Å²) in [6, 6.07) is 0. The van der Waals surface area contributed by atoms with Crippen LogP contribution in [-0.2, 0) is 12.6 Å². The van der Waals surface area contributed by atoms with Gasteiger partial charge in [0.1, 0.15) is 5.24 Å². The van der Waals surface area contributed by atoms with Crippen molar-refractivity contribution in [2.24, 2.45) is 0 Å². The monoisotopic (exact) mass is 161 g/mol. The van der Waals surface area contributed by atoms with Crippen molar-refractivity contribution in [3.63, 3.8) is 0 Å². The van der Waals surface area contributed by atoms with E-state index in [0.717, 1.165) is 0 Å². The molecule has 0 saturated heterocycles. The molecule has 0 aliphatic carbocycles. The Labute approximate surface area is 96.9 Å². The molecule has 0 aromatic heterocycles. The van der Waals surface area contributed by atoms with Gasteiger partial charge in [0, 0.05) is 14.1 Å². The zero-order valence-corrected chi connectivity index (χ0v) is 9.20. The van der Waals surface area contributed by atoms with Gasteiger partial charge in [-0.25, -0.2) is 0 Å². The smallest absolute Gasteiger partial charge is 0.719 e. The van der Waals surface area contributed by atoms with Gasteiger partial charge >= 0.3 is 51.4 Å². The van der Waals surface area contributed by atoms with Gasteiger partial charge in [0.05, 0.1) is 0 Å². The van der Waals surface area contributed by atoms with Crippen molar-refractivity contribution in [1.82, 2.24) is 4.90 Å². The standard InChI is InChI=1S/C3H7NOS.K.H2O/c1-4(2)3(5)6;;/h1-2H3,(H,5,6);;1H2/q;+1;/p-1. The van der Waals surface area contributed by atoms with E-state index in [2.05, 4.69) is 12.6 Å². The van der Waals surface area contributed by atoms with Gasteiger partial charge in [-0.3, -0.25) is 0 Å². The summed E-state index contributed by atoms with van der Waals surface area (Å²) >= 11 is 4.19. The zero-order chi connectivity index (χ0) is 5.15. The molecular weight excluding hydrogens is 153 g/mol. The number of carbonyl (C=O) groups is 1. The first-order valence-corrected chi connectivity index (χ1v) is 1.93. The second-order valence-electron chi connectivity index (χ2n) is 1.16. The first-order valence-electron chi connectivity index (χ1n) is 1.53. The Balaban J connectivity index is -0.000000125. The molecule has 0 heterocycles. The summed E-state index contributed by atoms with van der Waals surface area (Å²) in [6.45, 7) is 0. The minimum Gasteiger partial charge on any atom is -0.719 e. The van der Waals surface area contributed by atoms with E-state index in [0.29, 0.717) is 0 Å². The van der Waals surface area contributed by atoms with E-state index in [1.165, 1.54) is 4.90 Å². The molecule has 0 bridgehead atoms. The van der Waals surface area contributed by atoms with E-state index in [9.17, 15) is 4.79 Å². The quantitative estimate of drug-likeness (QED) is 0.272. The molecule has 0 spiro atoms. The molecule has 0 atom stereocenters. The van der Waals surface area contributed by atoms with Gasteiger partial charge in [0.25, 0.3) is 0 Å². The Hall–Kier alpha value is 1.29. The zero-order valence-electron chi connectivity index (χ0n) is 5.26. The molecule has 0 radical (unpaired) electrons. The number of hydrogen-bond donors (Lipinski definition) is 0. The van der Waals surface area contributed by atoms with Gasteiger partial charge in [-0.1, -0.05) is 0 Å². The second kappa shape index (κ2) is 8.29. The first-order chi connectivity index (χ1) is 2.64. The number of rotatable bonds is 0. The van der Waals surface area contributed by atoms with Crippen LogP contribution >= 0.6 is 0 Å². The van der Waals surface area contributed by atoms with Crippen molar-refractivity contribution in [2.75, 3.05) is 14.1 Å². The average molecular weight is 161 g/mol. The van der Waals surface area contributed by atoms with Gasteiger partial charge in [0.2, 0.25) is 0 Å². The molecule has 0 aromatic rings. The fraction of sp³-hybridized carbons (Fsp3) is 0.667. The summed E-state index contributed by atoms with van der Waals surface area (Å²) < 4.78 is 0. The van der Waals surface area contributed by atoms with E-state index in [1.54, 1.807) is 14.1 Å². The molecule has 2 N–H and O–H groups in total. The minimum absolute atomic E-state index is 0. The maximum Gasteiger partial charge on any atom is 1.00 e. The molecule has 0 rings (SSSR count). The van der Waals surface area contributed by atoms with Crippen LogP contribution in [0.25, 0.3) is 0 Å². The molecule has 1 amide bonds. The Morgan fingerprint density at radius 3 is 1.62 bits per heavy atom. The summed E-state index contributed by atoms with van der Waals surface area (Å²) in [5, 5.41) is -0.324. The van der Waals surface area contributed by atoms with Crippen LogP contribution in [0.15, 0.2) is 0 Å². The van der Waals surface area contributed by atoms with Crippen LogP contribution < -0.4 is 51.4 Å². The molecule has 0 unspecified atom stereocenters. The van der Waals surface area contributed by atoms with Gasteiger partial charge in [-0.05, 0) is 0 Å². The topological polar surface area (TPSA) is 51.8 Å². The van der Waals surface area contributed by atoms with Crippen molar-refractivity contribution in [1.29, 1.82) is 0 Å². The van der Waals surface area contributed by atoms with Crippen molar-refractivity contribution >= 4 is 17.9 Å². The van der Waals surface area contributed by atoms with Crippen LogP contribution in [0.1, 0.15) is 0 Å². The minimum atomic E-state index is -0.324. The van der Waals surface area contributed by atoms with E-state index >= 15 is 0 Å². The van der Waals surface area contributed by atoms with Crippen molar-refractivity contribution in [2.45, 2.75) is 0 Å². The summed E-state index contributed by atoms with van der Waals surface area (Å²) in [4.78, 5) is 11.2. The molecule has 44 valence electrons. The fourth-order valence-electron chi connectivity index (χ4n) is 0. The predicted octanol–water partition coefficient (Wildman–Crippen LogP) is -3.61. The summed E-state index contributed by atoms with van der Waals surface area (Å²) in [7, 11) is 3.24. The second-order valence-corrected chi connectivity index (χ2v) is 1.51. The molecule has 3 nitrogen and oxygen atoms in total. The third kappa shape index (κ3) is 10.3. The molecule has 0 aliphatic rings. The van der Waals surface area contributed by atoms with Gasteiger partial charge in [0.15, 0.2) is 0 Å². The number of carbonyl (C=O) groups excluding carboxylic acids is 1. The molecule has 0 saturated carbocycles. The Morgan fingerprint density at radius 2 is 1.62 bits per heavy atom. The van der Waals surface area contributed by atoms with E-state index in [1.807, 2.05) is 0 Å². The number of hydrogen-bond acceptors (Lipinski definition) is 2. The van der Waals surface area contributed by atoms with Crippen molar-refractivity contribution in [3.05, 3.63) is 0 Å². The largest absolute Gasteiger partial charge is 1.00 e. The SMILES string of the molecule is CN(C)C(=O)[S-].O.[K+]. The van der Waals surface area contributed by atoms with E-state index in [4.69, 9.17) is 0 Å². The molecule has 0 fully saturated rings. The summed E-state index contributed by atoms with van der Waals surface area (Å²) in [5.74, 6) is 0. The van der Waals surface area contributed by atoms with Crippen LogP contribution in [0.2, 0.25) is 0 Å². The van der Waals surface area contributed by atoms with E-state index < -0.39 is 0 Å². The molecule has 5 heteroatoms. The van der Waals surface area contributed by atoms with Crippen LogP contribution in [-0.4, -0.2) is 29.7 Å². The molecule has 0 aliphatic heterocycles. The van der Waals surface area contributed by atoms with Gasteiger partial charge < -0.3 is 27.8 Å². The third-order valence-electron chi connectivity index (χ3n) is 0.365. The summed E-state index contributed by atoms with van der Waals surface area (Å²) in [5.41, 5.74) is 0. The Kier molecular flexibility index (Phi) is 16.7. The summed E-state index contributed by atoms with van der Waals surface area (Å²) in [6.07, 6.45) is 0. The average Bonchev–Trinajstić information content (AvgIpc) is 1.36. The molecular formula is C3H8KNO2S. The fourth-order valence-corrected chi connectivity index (χ4v) is 0. The van der Waals surface area contributed by atoms with Crippen LogP contribution in [0.5, 0.6) is 0 Å². The van der Waals surface area contributed by atoms with Crippen LogP contribution in [0, 0.1) is 0 Å². The number of nitrogens with zero attached hydrogens (tertiary/aromatic N) is 1. The van der Waals surface area contributed by atoms with Crippen LogP contribution in [0.3, 0.4) is 0 Å². The number of amides is 1. The van der Waals surface area contributed by atoms with Crippen molar-refractivity contribution in [3.8, 4) is 0 Å². The molecule has 8 heavy (non-hydrogen) atoms. The van der Waals surface area contributed by atoms with Crippen LogP contribution in [0.4, 0.5) is 4.79 Å². The van der Waals surface area contributed by atoms with Gasteiger partial charge in [-0.15, -0.1) is 0 Å². The maximum atomic E-state index is 9.88. The van der Waals surface area contributed by atoms with Gasteiger partial charge in [-0.2, -0.15) is 0 Å². The van der Waals surface area contributed by atoms with Crippen molar-refractivity contribution < 1.29 is 61.7 Å². The first kappa shape index (κ1) is 16.1. The predicted molar refractivity (Wildman–Crippen MR) is 30.1 cm³/mol. The third-order valence-corrected chi connectivity index (χ3v) is 0.730.